The zero-order chi connectivity index (χ0) is 23.4. The molecule has 1 heterocycles. The Morgan fingerprint density at radius 1 is 1.09 bits per heavy atom. The fraction of sp³-hybridized carbons (Fsp3) is 0.143. The Hall–Kier alpha value is -3.60. The van der Waals surface area contributed by atoms with Crippen LogP contribution in [0.25, 0.3) is 0 Å². The Labute approximate surface area is 182 Å². The minimum absolute atomic E-state index is 0.162. The third-order valence-electron chi connectivity index (χ3n) is 4.29. The van der Waals surface area contributed by atoms with Gasteiger partial charge in [-0.05, 0) is 60.5 Å². The number of carbonyl (C=O) groups excluding carboxylic acids is 1. The summed E-state index contributed by atoms with van der Waals surface area (Å²) >= 11 is 0. The number of alkyl halides is 3. The summed E-state index contributed by atoms with van der Waals surface area (Å²) in [4.78, 5) is 16.1. The molecule has 0 aliphatic heterocycles. The summed E-state index contributed by atoms with van der Waals surface area (Å²) in [5, 5.41) is 2.72. The second-order valence-electron chi connectivity index (χ2n) is 6.70. The Morgan fingerprint density at radius 3 is 2.44 bits per heavy atom. The van der Waals surface area contributed by atoms with Gasteiger partial charge >= 0.3 is 6.36 Å². The number of ether oxygens (including phenoxy) is 1. The van der Waals surface area contributed by atoms with E-state index in [1.165, 1.54) is 6.07 Å². The van der Waals surface area contributed by atoms with Crippen molar-refractivity contribution in [3.8, 4) is 5.75 Å². The van der Waals surface area contributed by atoms with Crippen LogP contribution in [0.1, 0.15) is 21.5 Å². The number of hydrogen-bond acceptors (Lipinski definition) is 5. The largest absolute Gasteiger partial charge is 0.573 e. The molecular weight excluding hydrogens is 447 g/mol. The molecule has 0 aliphatic carbocycles. The topological polar surface area (TPSA) is 97.4 Å². The minimum Gasteiger partial charge on any atom is -0.406 e. The van der Waals surface area contributed by atoms with Crippen molar-refractivity contribution in [1.82, 2.24) is 10.3 Å². The van der Waals surface area contributed by atoms with E-state index < -0.39 is 28.0 Å². The molecule has 0 saturated carbocycles. The number of anilines is 1. The first-order chi connectivity index (χ1) is 15.0. The van der Waals surface area contributed by atoms with E-state index in [2.05, 4.69) is 19.8 Å². The first-order valence-electron chi connectivity index (χ1n) is 9.20. The highest BCUT2D eigenvalue weighted by atomic mass is 32.2. The van der Waals surface area contributed by atoms with Crippen molar-refractivity contribution < 1.29 is 31.1 Å². The minimum atomic E-state index is -4.88. The Kier molecular flexibility index (Phi) is 6.68. The standard InChI is InChI=1S/C21H18F3N3O4S/c1-14-4-5-16(20(28)26-13-15-3-2-10-25-12-15)11-19(14)27-32(29,30)18-8-6-17(7-9-18)31-21(22,23)24/h2-12,27H,13H2,1H3,(H,26,28). The molecule has 0 aliphatic rings. The molecule has 3 rings (SSSR count). The second kappa shape index (κ2) is 9.27. The highest BCUT2D eigenvalue weighted by Crippen LogP contribution is 2.26. The molecule has 0 spiro atoms. The lowest BCUT2D eigenvalue weighted by molar-refractivity contribution is -0.274. The van der Waals surface area contributed by atoms with Crippen molar-refractivity contribution >= 4 is 21.6 Å². The Bertz CT molecular complexity index is 1200. The number of aromatic nitrogens is 1. The summed E-state index contributed by atoms with van der Waals surface area (Å²) in [5.74, 6) is -0.956. The number of carbonyl (C=O) groups is 1. The normalized spacial score (nSPS) is 11.6. The van der Waals surface area contributed by atoms with E-state index in [0.717, 1.165) is 29.8 Å². The number of nitrogens with zero attached hydrogens (tertiary/aromatic N) is 1. The summed E-state index contributed by atoms with van der Waals surface area (Å²) < 4.78 is 68.2. The van der Waals surface area contributed by atoms with E-state index in [0.29, 0.717) is 5.56 Å². The van der Waals surface area contributed by atoms with Gasteiger partial charge in [0.1, 0.15) is 5.75 Å². The maximum atomic E-state index is 12.7. The molecule has 0 fully saturated rings. The van der Waals surface area contributed by atoms with Crippen LogP contribution in [0.15, 0.2) is 71.9 Å². The average molecular weight is 465 g/mol. The maximum Gasteiger partial charge on any atom is 0.573 e. The third kappa shape index (κ3) is 6.20. The number of amides is 1. The number of sulfonamides is 1. The number of pyridine rings is 1. The number of benzene rings is 2. The molecule has 0 unspecified atom stereocenters. The van der Waals surface area contributed by atoms with Gasteiger partial charge in [0, 0.05) is 24.5 Å². The van der Waals surface area contributed by atoms with E-state index in [-0.39, 0.29) is 22.7 Å². The van der Waals surface area contributed by atoms with E-state index in [4.69, 9.17) is 0 Å². The molecule has 0 atom stereocenters. The summed E-state index contributed by atoms with van der Waals surface area (Å²) in [5.41, 5.74) is 1.74. The van der Waals surface area contributed by atoms with Crippen LogP contribution in [0.4, 0.5) is 18.9 Å². The highest BCUT2D eigenvalue weighted by molar-refractivity contribution is 7.92. The maximum absolute atomic E-state index is 12.7. The zero-order valence-corrected chi connectivity index (χ0v) is 17.5. The van der Waals surface area contributed by atoms with Crippen LogP contribution < -0.4 is 14.8 Å². The zero-order valence-electron chi connectivity index (χ0n) is 16.7. The van der Waals surface area contributed by atoms with Gasteiger partial charge in [-0.3, -0.25) is 14.5 Å². The molecule has 0 radical (unpaired) electrons. The van der Waals surface area contributed by atoms with Crippen molar-refractivity contribution in [2.45, 2.75) is 24.7 Å². The SMILES string of the molecule is Cc1ccc(C(=O)NCc2cccnc2)cc1NS(=O)(=O)c1ccc(OC(F)(F)F)cc1. The van der Waals surface area contributed by atoms with Crippen LogP contribution in [-0.2, 0) is 16.6 Å². The number of hydrogen-bond donors (Lipinski definition) is 2. The molecule has 1 amide bonds. The monoisotopic (exact) mass is 465 g/mol. The van der Waals surface area contributed by atoms with Crippen molar-refractivity contribution in [3.05, 3.63) is 83.7 Å². The van der Waals surface area contributed by atoms with Crippen LogP contribution in [0.2, 0.25) is 0 Å². The van der Waals surface area contributed by atoms with E-state index in [1.54, 1.807) is 43.6 Å². The predicted octanol–water partition coefficient (Wildman–Crippen LogP) is 4.02. The predicted molar refractivity (Wildman–Crippen MR) is 111 cm³/mol. The molecule has 7 nitrogen and oxygen atoms in total. The van der Waals surface area contributed by atoms with Gasteiger partial charge in [-0.1, -0.05) is 12.1 Å². The van der Waals surface area contributed by atoms with E-state index in [1.807, 2.05) is 0 Å². The molecule has 0 saturated heterocycles. The third-order valence-corrected chi connectivity index (χ3v) is 5.67. The second-order valence-corrected chi connectivity index (χ2v) is 8.38. The molecule has 2 N–H and O–H groups in total. The fourth-order valence-corrected chi connectivity index (χ4v) is 3.81. The smallest absolute Gasteiger partial charge is 0.406 e. The van der Waals surface area contributed by atoms with Gasteiger partial charge in [0.05, 0.1) is 10.6 Å². The lowest BCUT2D eigenvalue weighted by atomic mass is 10.1. The van der Waals surface area contributed by atoms with Crippen LogP contribution >= 0.6 is 0 Å². The highest BCUT2D eigenvalue weighted by Gasteiger charge is 2.31. The van der Waals surface area contributed by atoms with Crippen molar-refractivity contribution in [1.29, 1.82) is 0 Å². The lowest BCUT2D eigenvalue weighted by Gasteiger charge is -2.13. The van der Waals surface area contributed by atoms with E-state index >= 15 is 0 Å². The van der Waals surface area contributed by atoms with Gasteiger partial charge < -0.3 is 10.1 Å². The molecule has 3 aromatic rings. The first-order valence-corrected chi connectivity index (χ1v) is 10.7. The number of aryl methyl sites for hydroxylation is 1. The van der Waals surface area contributed by atoms with Crippen molar-refractivity contribution in [3.63, 3.8) is 0 Å². The molecule has 0 bridgehead atoms. The molecule has 2 aromatic carbocycles. The Morgan fingerprint density at radius 2 is 1.81 bits per heavy atom. The first kappa shape index (κ1) is 23.1. The quantitative estimate of drug-likeness (QED) is 0.549. The lowest BCUT2D eigenvalue weighted by Crippen LogP contribution is -2.23. The number of nitrogens with one attached hydrogen (secondary N) is 2. The molecule has 1 aromatic heterocycles. The van der Waals surface area contributed by atoms with Gasteiger partial charge in [-0.2, -0.15) is 0 Å². The summed E-state index contributed by atoms with van der Waals surface area (Å²) in [6, 6.07) is 11.8. The fourth-order valence-electron chi connectivity index (χ4n) is 2.68. The summed E-state index contributed by atoms with van der Waals surface area (Å²) in [7, 11) is -4.12. The Balaban J connectivity index is 1.74. The average Bonchev–Trinajstić information content (AvgIpc) is 2.73. The van der Waals surface area contributed by atoms with Gasteiger partial charge in [-0.15, -0.1) is 13.2 Å². The molecule has 11 heteroatoms. The van der Waals surface area contributed by atoms with E-state index in [9.17, 15) is 26.4 Å². The van der Waals surface area contributed by atoms with Crippen molar-refractivity contribution in [2.75, 3.05) is 4.72 Å². The molecule has 168 valence electrons. The summed E-state index contributed by atoms with van der Waals surface area (Å²) in [6.07, 6.45) is -1.66. The van der Waals surface area contributed by atoms with Crippen LogP contribution in [0, 0.1) is 6.92 Å². The van der Waals surface area contributed by atoms with Gasteiger partial charge in [-0.25, -0.2) is 8.42 Å². The number of rotatable bonds is 7. The van der Waals surface area contributed by atoms with Gasteiger partial charge in [0.25, 0.3) is 15.9 Å². The van der Waals surface area contributed by atoms with Gasteiger partial charge in [0.2, 0.25) is 0 Å². The molecule has 32 heavy (non-hydrogen) atoms. The van der Waals surface area contributed by atoms with Crippen LogP contribution in [-0.4, -0.2) is 25.7 Å². The van der Waals surface area contributed by atoms with Crippen LogP contribution in [0.5, 0.6) is 5.75 Å². The summed E-state index contributed by atoms with van der Waals surface area (Å²) in [6.45, 7) is 1.89. The van der Waals surface area contributed by atoms with Crippen molar-refractivity contribution in [2.24, 2.45) is 0 Å². The van der Waals surface area contributed by atoms with Crippen LogP contribution in [0.3, 0.4) is 0 Å². The van der Waals surface area contributed by atoms with Gasteiger partial charge in [0.15, 0.2) is 0 Å². The molecular formula is C21H18F3N3O4S. The number of halogens is 3.